The number of rotatable bonds is 5. The smallest absolute Gasteiger partial charge is 0.169 e. The van der Waals surface area contributed by atoms with E-state index >= 15 is 0 Å². The third kappa shape index (κ3) is 3.44. The number of hydrogen-bond acceptors (Lipinski definition) is 7. The Hall–Kier alpha value is -2.25. The number of amidine groups is 1. The van der Waals surface area contributed by atoms with E-state index in [0.717, 1.165) is 49.1 Å². The normalized spacial score (nSPS) is 24.9. The van der Waals surface area contributed by atoms with E-state index in [9.17, 15) is 0 Å². The average molecular weight is 383 g/mol. The molecule has 3 aliphatic rings. The number of ether oxygens (including phenoxy) is 2. The van der Waals surface area contributed by atoms with E-state index in [4.69, 9.17) is 19.5 Å². The van der Waals surface area contributed by atoms with Crippen LogP contribution in [0.1, 0.15) is 45.0 Å². The van der Waals surface area contributed by atoms with Gasteiger partial charge < -0.3 is 14.4 Å². The van der Waals surface area contributed by atoms with Gasteiger partial charge in [-0.05, 0) is 45.4 Å². The standard InChI is InChI=1S/C21H29N5O2/c1-5-28-21(3,4)18-7-6-16(14-22-18)19-15(2)24-20-17(8-9-23-26(19)20)25-10-12-27-13-11-25/h6-9,14-15,19H,5,10-13H2,1-4H3. The van der Waals surface area contributed by atoms with Crippen LogP contribution in [0, 0.1) is 0 Å². The summed E-state index contributed by atoms with van der Waals surface area (Å²) in [5.74, 6) is 0.945. The van der Waals surface area contributed by atoms with Crippen LogP contribution in [0.4, 0.5) is 0 Å². The van der Waals surface area contributed by atoms with Crippen molar-refractivity contribution in [2.75, 3.05) is 32.9 Å². The summed E-state index contributed by atoms with van der Waals surface area (Å²) < 4.78 is 11.3. The second-order valence-electron chi connectivity index (χ2n) is 7.82. The highest BCUT2D eigenvalue weighted by Gasteiger charge is 2.39. The molecule has 1 aromatic heterocycles. The number of nitrogens with zero attached hydrogens (tertiary/aromatic N) is 5. The van der Waals surface area contributed by atoms with Crippen molar-refractivity contribution in [2.24, 2.45) is 10.1 Å². The average Bonchev–Trinajstić information content (AvgIpc) is 3.04. The Morgan fingerprint density at radius 2 is 2.04 bits per heavy atom. The quantitative estimate of drug-likeness (QED) is 0.782. The third-order valence-electron chi connectivity index (χ3n) is 5.52. The molecule has 0 saturated carbocycles. The summed E-state index contributed by atoms with van der Waals surface area (Å²) in [6.07, 6.45) is 5.87. The van der Waals surface area contributed by atoms with Gasteiger partial charge in [-0.2, -0.15) is 5.10 Å². The van der Waals surface area contributed by atoms with Gasteiger partial charge in [-0.25, -0.2) is 5.01 Å². The zero-order valence-electron chi connectivity index (χ0n) is 17.1. The number of fused-ring (bicyclic) bond motifs is 1. The van der Waals surface area contributed by atoms with Crippen LogP contribution in [0.5, 0.6) is 0 Å². The lowest BCUT2D eigenvalue weighted by Crippen LogP contribution is -2.42. The maximum atomic E-state index is 5.83. The lowest BCUT2D eigenvalue weighted by molar-refractivity contribution is -0.0173. The Balaban J connectivity index is 1.56. The van der Waals surface area contributed by atoms with Crippen molar-refractivity contribution in [1.29, 1.82) is 0 Å². The molecule has 0 bridgehead atoms. The Morgan fingerprint density at radius 3 is 2.71 bits per heavy atom. The summed E-state index contributed by atoms with van der Waals surface area (Å²) in [5.41, 5.74) is 2.78. The van der Waals surface area contributed by atoms with Crippen molar-refractivity contribution in [2.45, 2.75) is 45.4 Å². The zero-order chi connectivity index (χ0) is 19.7. The molecule has 2 atom stereocenters. The summed E-state index contributed by atoms with van der Waals surface area (Å²) >= 11 is 0. The van der Waals surface area contributed by atoms with Crippen LogP contribution < -0.4 is 0 Å². The van der Waals surface area contributed by atoms with Crippen LogP contribution in [-0.2, 0) is 15.1 Å². The van der Waals surface area contributed by atoms with E-state index in [1.165, 1.54) is 0 Å². The van der Waals surface area contributed by atoms with Crippen molar-refractivity contribution < 1.29 is 9.47 Å². The first-order valence-corrected chi connectivity index (χ1v) is 10.1. The highest BCUT2D eigenvalue weighted by atomic mass is 16.5. The monoisotopic (exact) mass is 383 g/mol. The van der Waals surface area contributed by atoms with Crippen molar-refractivity contribution in [3.05, 3.63) is 41.4 Å². The Labute approximate surface area is 166 Å². The van der Waals surface area contributed by atoms with Gasteiger partial charge in [-0.15, -0.1) is 0 Å². The predicted molar refractivity (Wildman–Crippen MR) is 109 cm³/mol. The SMILES string of the molecule is CCOC(C)(C)c1ccc(C2C(C)N=C3C(N4CCOCC4)=CC=NN32)cn1. The van der Waals surface area contributed by atoms with Gasteiger partial charge in [-0.1, -0.05) is 6.07 Å². The Kier molecular flexibility index (Phi) is 5.21. The number of pyridine rings is 1. The molecule has 7 nitrogen and oxygen atoms in total. The van der Waals surface area contributed by atoms with Crippen LogP contribution >= 0.6 is 0 Å². The van der Waals surface area contributed by atoms with Crippen LogP contribution in [0.15, 0.2) is 40.2 Å². The van der Waals surface area contributed by atoms with Gasteiger partial charge in [0, 0.05) is 32.1 Å². The number of hydrogen-bond donors (Lipinski definition) is 0. The van der Waals surface area contributed by atoms with Gasteiger partial charge in [0.25, 0.3) is 0 Å². The molecule has 3 aliphatic heterocycles. The first kappa shape index (κ1) is 19.1. The molecule has 150 valence electrons. The highest BCUT2D eigenvalue weighted by molar-refractivity contribution is 6.04. The summed E-state index contributed by atoms with van der Waals surface area (Å²) in [6.45, 7) is 12.2. The summed E-state index contributed by atoms with van der Waals surface area (Å²) in [5, 5.41) is 6.68. The topological polar surface area (TPSA) is 62.6 Å². The minimum absolute atomic E-state index is 0.0488. The summed E-state index contributed by atoms with van der Waals surface area (Å²) in [6, 6.07) is 4.34. The molecular weight excluding hydrogens is 354 g/mol. The minimum Gasteiger partial charge on any atom is -0.378 e. The Morgan fingerprint density at radius 1 is 1.25 bits per heavy atom. The van der Waals surface area contributed by atoms with Crippen LogP contribution in [0.3, 0.4) is 0 Å². The van der Waals surface area contributed by atoms with Gasteiger partial charge in [0.15, 0.2) is 5.84 Å². The zero-order valence-corrected chi connectivity index (χ0v) is 17.1. The molecular formula is C21H29N5O2. The number of morpholine rings is 1. The van der Waals surface area contributed by atoms with Crippen LogP contribution in [0.25, 0.3) is 0 Å². The van der Waals surface area contributed by atoms with Gasteiger partial charge >= 0.3 is 0 Å². The number of aliphatic imine (C=N–C) groups is 1. The first-order valence-electron chi connectivity index (χ1n) is 10.1. The van der Waals surface area contributed by atoms with Crippen LogP contribution in [0.2, 0.25) is 0 Å². The molecule has 0 aliphatic carbocycles. The van der Waals surface area contributed by atoms with Gasteiger partial charge in [-0.3, -0.25) is 9.98 Å². The first-order chi connectivity index (χ1) is 13.5. The molecule has 0 N–H and O–H groups in total. The Bertz CT molecular complexity index is 794. The van der Waals surface area contributed by atoms with Crippen molar-refractivity contribution in [3.63, 3.8) is 0 Å². The number of allylic oxidation sites excluding steroid dienone is 1. The molecule has 7 heteroatoms. The molecule has 0 amide bonds. The molecule has 0 spiro atoms. The minimum atomic E-state index is -0.397. The summed E-state index contributed by atoms with van der Waals surface area (Å²) in [4.78, 5) is 12.0. The van der Waals surface area contributed by atoms with E-state index in [1.807, 2.05) is 38.2 Å². The maximum Gasteiger partial charge on any atom is 0.169 e. The van der Waals surface area contributed by atoms with Crippen LogP contribution in [-0.4, -0.2) is 65.9 Å². The molecule has 2 unspecified atom stereocenters. The molecule has 1 aromatic rings. The maximum absolute atomic E-state index is 5.83. The molecule has 28 heavy (non-hydrogen) atoms. The third-order valence-corrected chi connectivity index (χ3v) is 5.52. The molecule has 1 saturated heterocycles. The highest BCUT2D eigenvalue weighted by Crippen LogP contribution is 2.36. The van der Waals surface area contributed by atoms with Gasteiger partial charge in [0.05, 0.1) is 30.6 Å². The van der Waals surface area contributed by atoms with E-state index in [2.05, 4.69) is 35.1 Å². The van der Waals surface area contributed by atoms with Gasteiger partial charge in [0.1, 0.15) is 11.6 Å². The fraction of sp³-hybridized carbons (Fsp3) is 0.571. The molecule has 0 aromatic carbocycles. The van der Waals surface area contributed by atoms with E-state index in [0.29, 0.717) is 6.61 Å². The second-order valence-corrected chi connectivity index (χ2v) is 7.82. The van der Waals surface area contributed by atoms with Crippen molar-refractivity contribution in [3.8, 4) is 0 Å². The molecule has 0 radical (unpaired) electrons. The number of hydrazone groups is 1. The molecule has 4 rings (SSSR count). The lowest BCUT2D eigenvalue weighted by Gasteiger charge is -2.35. The van der Waals surface area contributed by atoms with E-state index in [-0.39, 0.29) is 12.1 Å². The number of aromatic nitrogens is 1. The lowest BCUT2D eigenvalue weighted by atomic mass is 9.99. The van der Waals surface area contributed by atoms with Crippen molar-refractivity contribution >= 4 is 12.1 Å². The molecule has 4 heterocycles. The van der Waals surface area contributed by atoms with E-state index in [1.54, 1.807) is 0 Å². The largest absolute Gasteiger partial charge is 0.378 e. The fourth-order valence-corrected chi connectivity index (χ4v) is 4.06. The predicted octanol–water partition coefficient (Wildman–Crippen LogP) is 2.71. The van der Waals surface area contributed by atoms with Gasteiger partial charge in [0.2, 0.25) is 0 Å². The fourth-order valence-electron chi connectivity index (χ4n) is 4.06. The molecule has 1 fully saturated rings. The second kappa shape index (κ2) is 7.64. The van der Waals surface area contributed by atoms with Crippen molar-refractivity contribution in [1.82, 2.24) is 14.9 Å². The van der Waals surface area contributed by atoms with E-state index < -0.39 is 5.60 Å². The summed E-state index contributed by atoms with van der Waals surface area (Å²) in [7, 11) is 0.